The first-order valence-electron chi connectivity index (χ1n) is 8.90. The number of amides is 1. The molecule has 146 valence electrons. The van der Waals surface area contributed by atoms with Crippen LogP contribution in [0.2, 0.25) is 5.02 Å². The molecule has 0 unspecified atom stereocenters. The van der Waals surface area contributed by atoms with Crippen molar-refractivity contribution in [2.75, 3.05) is 27.4 Å². The minimum absolute atomic E-state index is 0.219. The molecule has 0 spiro atoms. The molecule has 1 amide bonds. The average molecular weight is 400 g/mol. The molecule has 28 heavy (non-hydrogen) atoms. The molecule has 2 aromatic carbocycles. The number of methoxy groups -OCH3 is 2. The molecule has 6 nitrogen and oxygen atoms in total. The second kappa shape index (κ2) is 9.39. The first-order valence-corrected chi connectivity index (χ1v) is 9.28. The van der Waals surface area contributed by atoms with Gasteiger partial charge in [-0.15, -0.1) is 0 Å². The number of aromatic nitrogens is 2. The Morgan fingerprint density at radius 2 is 1.89 bits per heavy atom. The Morgan fingerprint density at radius 1 is 1.14 bits per heavy atom. The summed E-state index contributed by atoms with van der Waals surface area (Å²) in [7, 11) is 3.25. The van der Waals surface area contributed by atoms with Crippen molar-refractivity contribution in [2.45, 2.75) is 6.42 Å². The lowest BCUT2D eigenvalue weighted by Gasteiger charge is -2.09. The summed E-state index contributed by atoms with van der Waals surface area (Å²) in [5.41, 5.74) is 2.60. The van der Waals surface area contributed by atoms with Crippen LogP contribution in [0, 0.1) is 0 Å². The van der Waals surface area contributed by atoms with Gasteiger partial charge in [-0.05, 0) is 48.9 Å². The van der Waals surface area contributed by atoms with Crippen LogP contribution in [0.4, 0.5) is 0 Å². The van der Waals surface area contributed by atoms with Crippen LogP contribution in [-0.2, 0) is 4.74 Å². The zero-order chi connectivity index (χ0) is 19.9. The summed E-state index contributed by atoms with van der Waals surface area (Å²) < 4.78 is 11.8. The van der Waals surface area contributed by atoms with Crippen molar-refractivity contribution in [1.29, 1.82) is 0 Å². The van der Waals surface area contributed by atoms with Crippen LogP contribution in [0.3, 0.4) is 0 Å². The van der Waals surface area contributed by atoms with Crippen LogP contribution in [0.1, 0.15) is 16.9 Å². The van der Waals surface area contributed by atoms with Gasteiger partial charge in [0.1, 0.15) is 11.4 Å². The van der Waals surface area contributed by atoms with Crippen LogP contribution < -0.4 is 10.1 Å². The third-order valence-electron chi connectivity index (χ3n) is 4.22. The van der Waals surface area contributed by atoms with Gasteiger partial charge in [0.05, 0.1) is 23.5 Å². The van der Waals surface area contributed by atoms with E-state index in [4.69, 9.17) is 21.1 Å². The van der Waals surface area contributed by atoms with Gasteiger partial charge in [-0.3, -0.25) is 4.79 Å². The van der Waals surface area contributed by atoms with Gasteiger partial charge in [0.15, 0.2) is 0 Å². The van der Waals surface area contributed by atoms with Crippen molar-refractivity contribution in [3.05, 3.63) is 65.3 Å². The SMILES string of the molecule is COCCCNC(=O)c1cc(-c2ccc(OC)cc2)nn1-c1ccccc1Cl. The lowest BCUT2D eigenvalue weighted by molar-refractivity contribution is 0.0941. The maximum atomic E-state index is 12.8. The van der Waals surface area contributed by atoms with E-state index in [9.17, 15) is 4.79 Å². The molecule has 1 heterocycles. The predicted octanol–water partition coefficient (Wildman–Crippen LogP) is 3.97. The highest BCUT2D eigenvalue weighted by molar-refractivity contribution is 6.32. The fourth-order valence-corrected chi connectivity index (χ4v) is 2.98. The highest BCUT2D eigenvalue weighted by Gasteiger charge is 2.18. The minimum atomic E-state index is -0.219. The number of carbonyl (C=O) groups is 1. The Labute approximate surface area is 169 Å². The Balaban J connectivity index is 1.97. The smallest absolute Gasteiger partial charge is 0.270 e. The molecular formula is C21H22ClN3O3. The van der Waals surface area contributed by atoms with Gasteiger partial charge in [-0.1, -0.05) is 23.7 Å². The van der Waals surface area contributed by atoms with E-state index in [0.29, 0.717) is 35.2 Å². The molecule has 7 heteroatoms. The first-order chi connectivity index (χ1) is 13.6. The zero-order valence-corrected chi connectivity index (χ0v) is 16.6. The number of benzene rings is 2. The zero-order valence-electron chi connectivity index (χ0n) is 15.8. The van der Waals surface area contributed by atoms with Gasteiger partial charge in [-0.2, -0.15) is 5.10 Å². The molecule has 0 saturated heterocycles. The first kappa shape index (κ1) is 19.9. The molecule has 3 aromatic rings. The Kier molecular flexibility index (Phi) is 6.68. The van der Waals surface area contributed by atoms with E-state index in [2.05, 4.69) is 10.4 Å². The number of rotatable bonds is 8. The van der Waals surface area contributed by atoms with Crippen molar-refractivity contribution in [1.82, 2.24) is 15.1 Å². The fourth-order valence-electron chi connectivity index (χ4n) is 2.76. The van der Waals surface area contributed by atoms with Gasteiger partial charge in [0.2, 0.25) is 0 Å². The summed E-state index contributed by atoms with van der Waals surface area (Å²) >= 11 is 6.35. The predicted molar refractivity (Wildman–Crippen MR) is 109 cm³/mol. The molecule has 0 aliphatic heterocycles. The molecular weight excluding hydrogens is 378 g/mol. The maximum Gasteiger partial charge on any atom is 0.270 e. The molecule has 0 radical (unpaired) electrons. The monoisotopic (exact) mass is 399 g/mol. The largest absolute Gasteiger partial charge is 0.497 e. The third kappa shape index (κ3) is 4.52. The Bertz CT molecular complexity index is 938. The summed E-state index contributed by atoms with van der Waals surface area (Å²) in [6.45, 7) is 1.10. The molecule has 1 N–H and O–H groups in total. The highest BCUT2D eigenvalue weighted by atomic mass is 35.5. The number of nitrogens with one attached hydrogen (secondary N) is 1. The van der Waals surface area contributed by atoms with Crippen molar-refractivity contribution in [3.63, 3.8) is 0 Å². The molecule has 1 aromatic heterocycles. The van der Waals surface area contributed by atoms with Crippen molar-refractivity contribution in [3.8, 4) is 22.7 Å². The quantitative estimate of drug-likeness (QED) is 0.582. The number of hydrogen-bond acceptors (Lipinski definition) is 4. The topological polar surface area (TPSA) is 65.4 Å². The molecule has 0 atom stereocenters. The van der Waals surface area contributed by atoms with E-state index < -0.39 is 0 Å². The molecule has 0 saturated carbocycles. The summed E-state index contributed by atoms with van der Waals surface area (Å²) in [4.78, 5) is 12.8. The second-order valence-electron chi connectivity index (χ2n) is 6.11. The van der Waals surface area contributed by atoms with Gasteiger partial charge in [0, 0.05) is 25.8 Å². The van der Waals surface area contributed by atoms with Crippen molar-refractivity contribution < 1.29 is 14.3 Å². The van der Waals surface area contributed by atoms with E-state index in [1.54, 1.807) is 31.0 Å². The van der Waals surface area contributed by atoms with Crippen LogP contribution in [-0.4, -0.2) is 43.1 Å². The van der Waals surface area contributed by atoms with Crippen LogP contribution in [0.15, 0.2) is 54.6 Å². The summed E-state index contributed by atoms with van der Waals surface area (Å²) in [5.74, 6) is 0.536. The van der Waals surface area contributed by atoms with E-state index in [1.807, 2.05) is 42.5 Å². The lowest BCUT2D eigenvalue weighted by Crippen LogP contribution is -2.27. The van der Waals surface area contributed by atoms with Crippen molar-refractivity contribution in [2.24, 2.45) is 0 Å². The third-order valence-corrected chi connectivity index (χ3v) is 4.54. The Morgan fingerprint density at radius 3 is 2.57 bits per heavy atom. The van der Waals surface area contributed by atoms with Gasteiger partial charge < -0.3 is 14.8 Å². The van der Waals surface area contributed by atoms with E-state index in [0.717, 1.165) is 17.7 Å². The normalized spacial score (nSPS) is 10.7. The van der Waals surface area contributed by atoms with E-state index in [1.165, 1.54) is 0 Å². The van der Waals surface area contributed by atoms with Gasteiger partial charge >= 0.3 is 0 Å². The number of nitrogens with zero attached hydrogens (tertiary/aromatic N) is 2. The lowest BCUT2D eigenvalue weighted by atomic mass is 10.1. The average Bonchev–Trinajstić information content (AvgIpc) is 3.17. The van der Waals surface area contributed by atoms with Crippen LogP contribution in [0.25, 0.3) is 16.9 Å². The molecule has 0 aliphatic carbocycles. The number of hydrogen-bond donors (Lipinski definition) is 1. The summed E-state index contributed by atoms with van der Waals surface area (Å²) in [6.07, 6.45) is 0.730. The van der Waals surface area contributed by atoms with Crippen LogP contribution in [0.5, 0.6) is 5.75 Å². The molecule has 3 rings (SSSR count). The maximum absolute atomic E-state index is 12.8. The van der Waals surface area contributed by atoms with E-state index in [-0.39, 0.29) is 5.91 Å². The highest BCUT2D eigenvalue weighted by Crippen LogP contribution is 2.26. The summed E-state index contributed by atoms with van der Waals surface area (Å²) in [5, 5.41) is 8.06. The Hall–Kier alpha value is -2.83. The van der Waals surface area contributed by atoms with Crippen LogP contribution >= 0.6 is 11.6 Å². The van der Waals surface area contributed by atoms with Gasteiger partial charge in [0.25, 0.3) is 5.91 Å². The standard InChI is InChI=1S/C21H22ClN3O3/c1-27-13-5-12-23-21(26)20-14-18(15-8-10-16(28-2)11-9-15)24-25(20)19-7-4-3-6-17(19)22/h3-4,6-11,14H,5,12-13H2,1-2H3,(H,23,26). The number of para-hydroxylation sites is 1. The number of carbonyl (C=O) groups excluding carboxylic acids is 1. The minimum Gasteiger partial charge on any atom is -0.497 e. The number of halogens is 1. The second-order valence-corrected chi connectivity index (χ2v) is 6.52. The van der Waals surface area contributed by atoms with Gasteiger partial charge in [-0.25, -0.2) is 4.68 Å². The number of ether oxygens (including phenoxy) is 2. The van der Waals surface area contributed by atoms with Crippen molar-refractivity contribution >= 4 is 17.5 Å². The molecule has 0 fully saturated rings. The van der Waals surface area contributed by atoms with E-state index >= 15 is 0 Å². The summed E-state index contributed by atoms with van der Waals surface area (Å²) in [6, 6.07) is 16.6. The molecule has 0 bridgehead atoms. The molecule has 0 aliphatic rings. The fraction of sp³-hybridized carbons (Fsp3) is 0.238.